The third-order valence-electron chi connectivity index (χ3n) is 3.15. The molecule has 0 saturated carbocycles. The van der Waals surface area contributed by atoms with Gasteiger partial charge in [0.15, 0.2) is 0 Å². The number of aryl methyl sites for hydroxylation is 1. The van der Waals surface area contributed by atoms with E-state index in [-0.39, 0.29) is 11.8 Å². The van der Waals surface area contributed by atoms with Gasteiger partial charge >= 0.3 is 0 Å². The second-order valence-electron chi connectivity index (χ2n) is 4.55. The van der Waals surface area contributed by atoms with Crippen LogP contribution in [0.15, 0.2) is 16.7 Å². The molecule has 1 aliphatic rings. The van der Waals surface area contributed by atoms with Gasteiger partial charge in [0.1, 0.15) is 5.82 Å². The van der Waals surface area contributed by atoms with Crippen molar-refractivity contribution < 1.29 is 4.79 Å². The normalized spacial score (nSPS) is 23.7. The van der Waals surface area contributed by atoms with E-state index in [1.807, 2.05) is 13.0 Å². The molecule has 0 aromatic carbocycles. The molecule has 2 atom stereocenters. The summed E-state index contributed by atoms with van der Waals surface area (Å²) >= 11 is 3.39. The average molecular weight is 298 g/mol. The number of carbonyl (C=O) groups is 1. The summed E-state index contributed by atoms with van der Waals surface area (Å²) in [7, 11) is 0. The molecule has 2 N–H and O–H groups in total. The molecule has 1 saturated heterocycles. The topological polar surface area (TPSA) is 54.0 Å². The number of anilines is 1. The van der Waals surface area contributed by atoms with Crippen LogP contribution < -0.4 is 10.6 Å². The summed E-state index contributed by atoms with van der Waals surface area (Å²) in [5.74, 6) is 1.10. The first-order valence-corrected chi connectivity index (χ1v) is 6.51. The monoisotopic (exact) mass is 297 g/mol. The van der Waals surface area contributed by atoms with E-state index in [2.05, 4.69) is 38.5 Å². The summed E-state index contributed by atoms with van der Waals surface area (Å²) < 4.78 is 0.950. The number of nitrogens with one attached hydrogen (secondary N) is 2. The molecule has 1 aliphatic heterocycles. The third kappa shape index (κ3) is 2.84. The average Bonchev–Trinajstić information content (AvgIpc) is 2.70. The van der Waals surface area contributed by atoms with E-state index in [0.717, 1.165) is 23.1 Å². The van der Waals surface area contributed by atoms with Gasteiger partial charge in [-0.2, -0.15) is 0 Å². The predicted molar refractivity (Wildman–Crippen MR) is 70.8 cm³/mol. The first-order chi connectivity index (χ1) is 8.08. The van der Waals surface area contributed by atoms with Gasteiger partial charge < -0.3 is 10.6 Å². The number of amides is 1. The fraction of sp³-hybridized carbons (Fsp3) is 0.500. The summed E-state index contributed by atoms with van der Waals surface area (Å²) in [6.45, 7) is 5.72. The van der Waals surface area contributed by atoms with Crippen LogP contribution >= 0.6 is 15.9 Å². The zero-order valence-electron chi connectivity index (χ0n) is 9.96. The molecule has 92 valence electrons. The summed E-state index contributed by atoms with van der Waals surface area (Å²) in [4.78, 5) is 16.2. The number of aromatic nitrogens is 1. The van der Waals surface area contributed by atoms with E-state index in [1.54, 1.807) is 6.20 Å². The van der Waals surface area contributed by atoms with E-state index >= 15 is 0 Å². The van der Waals surface area contributed by atoms with Crippen molar-refractivity contribution in [1.29, 1.82) is 0 Å². The smallest absolute Gasteiger partial charge is 0.230 e. The van der Waals surface area contributed by atoms with Crippen molar-refractivity contribution in [3.05, 3.63) is 22.3 Å². The number of pyridine rings is 1. The molecule has 1 aromatic heterocycles. The van der Waals surface area contributed by atoms with Crippen LogP contribution in [0, 0.1) is 18.8 Å². The van der Waals surface area contributed by atoms with Gasteiger partial charge in [0.05, 0.1) is 5.92 Å². The van der Waals surface area contributed by atoms with E-state index in [0.29, 0.717) is 11.7 Å². The molecule has 2 rings (SSSR count). The minimum atomic E-state index is 0.0424. The molecule has 0 bridgehead atoms. The molecule has 1 fully saturated rings. The van der Waals surface area contributed by atoms with Crippen LogP contribution in [0.5, 0.6) is 0 Å². The van der Waals surface area contributed by atoms with Gasteiger partial charge in [-0.05, 0) is 46.9 Å². The lowest BCUT2D eigenvalue weighted by Crippen LogP contribution is -2.28. The fourth-order valence-corrected chi connectivity index (χ4v) is 2.20. The Hall–Kier alpha value is -0.940. The van der Waals surface area contributed by atoms with Crippen LogP contribution in [0.25, 0.3) is 0 Å². The summed E-state index contributed by atoms with van der Waals surface area (Å²) in [6.07, 6.45) is 1.71. The van der Waals surface area contributed by atoms with Crippen molar-refractivity contribution in [1.82, 2.24) is 10.3 Å². The van der Waals surface area contributed by atoms with E-state index in [9.17, 15) is 4.79 Å². The van der Waals surface area contributed by atoms with Gasteiger partial charge in [0.2, 0.25) is 5.91 Å². The highest BCUT2D eigenvalue weighted by Gasteiger charge is 2.29. The quantitative estimate of drug-likeness (QED) is 0.877. The first-order valence-electron chi connectivity index (χ1n) is 5.71. The highest BCUT2D eigenvalue weighted by atomic mass is 79.9. The van der Waals surface area contributed by atoms with Crippen LogP contribution in [0.1, 0.15) is 12.5 Å². The maximum absolute atomic E-state index is 12.0. The zero-order chi connectivity index (χ0) is 12.4. The number of rotatable bonds is 2. The Morgan fingerprint density at radius 3 is 2.94 bits per heavy atom. The molecule has 0 spiro atoms. The lowest BCUT2D eigenvalue weighted by Gasteiger charge is -2.14. The Morgan fingerprint density at radius 2 is 2.35 bits per heavy atom. The van der Waals surface area contributed by atoms with Crippen molar-refractivity contribution in [2.75, 3.05) is 18.4 Å². The lowest BCUT2D eigenvalue weighted by molar-refractivity contribution is -0.120. The van der Waals surface area contributed by atoms with Gasteiger partial charge in [-0.3, -0.25) is 4.79 Å². The Balaban J connectivity index is 2.05. The Bertz CT molecular complexity index is 436. The van der Waals surface area contributed by atoms with Crippen LogP contribution in [0.2, 0.25) is 0 Å². The molecule has 2 heterocycles. The molecule has 0 aliphatic carbocycles. The largest absolute Gasteiger partial charge is 0.316 e. The number of hydrogen-bond acceptors (Lipinski definition) is 3. The molecule has 0 radical (unpaired) electrons. The zero-order valence-corrected chi connectivity index (χ0v) is 11.5. The minimum absolute atomic E-state index is 0.0424. The molecule has 4 nitrogen and oxygen atoms in total. The minimum Gasteiger partial charge on any atom is -0.316 e. The molecule has 5 heteroatoms. The SMILES string of the molecule is Cc1cc(NC(=O)C2CNCC2C)ncc1Br. The van der Waals surface area contributed by atoms with Crippen molar-refractivity contribution >= 4 is 27.7 Å². The second kappa shape index (κ2) is 5.14. The van der Waals surface area contributed by atoms with Gasteiger partial charge in [-0.25, -0.2) is 4.98 Å². The number of halogens is 1. The molecular weight excluding hydrogens is 282 g/mol. The highest BCUT2D eigenvalue weighted by Crippen LogP contribution is 2.20. The van der Waals surface area contributed by atoms with Gasteiger partial charge in [0.25, 0.3) is 0 Å². The van der Waals surface area contributed by atoms with Crippen LogP contribution in [-0.2, 0) is 4.79 Å². The summed E-state index contributed by atoms with van der Waals surface area (Å²) in [5.41, 5.74) is 1.06. The molecule has 1 amide bonds. The molecule has 1 aromatic rings. The fourth-order valence-electron chi connectivity index (χ4n) is 1.99. The first kappa shape index (κ1) is 12.5. The molecular formula is C12H16BrN3O. The number of nitrogens with zero attached hydrogens (tertiary/aromatic N) is 1. The van der Waals surface area contributed by atoms with E-state index < -0.39 is 0 Å². The number of hydrogen-bond donors (Lipinski definition) is 2. The van der Waals surface area contributed by atoms with Gasteiger partial charge in [-0.15, -0.1) is 0 Å². The predicted octanol–water partition coefficient (Wildman–Crippen LogP) is 1.95. The number of carbonyl (C=O) groups excluding carboxylic acids is 1. The Labute approximate surface area is 109 Å². The van der Waals surface area contributed by atoms with Crippen molar-refractivity contribution in [3.63, 3.8) is 0 Å². The summed E-state index contributed by atoms with van der Waals surface area (Å²) in [5, 5.41) is 6.09. The van der Waals surface area contributed by atoms with E-state index in [4.69, 9.17) is 0 Å². The standard InChI is InChI=1S/C12H16BrN3O/c1-7-3-11(15-6-10(7)13)16-12(17)9-5-14-4-8(9)2/h3,6,8-9,14H,4-5H2,1-2H3,(H,15,16,17). The van der Waals surface area contributed by atoms with Crippen molar-refractivity contribution in [3.8, 4) is 0 Å². The summed E-state index contributed by atoms with van der Waals surface area (Å²) in [6, 6.07) is 1.87. The molecule has 2 unspecified atom stereocenters. The second-order valence-corrected chi connectivity index (χ2v) is 5.40. The molecule has 17 heavy (non-hydrogen) atoms. The van der Waals surface area contributed by atoms with Gasteiger partial charge in [0, 0.05) is 17.2 Å². The Morgan fingerprint density at radius 1 is 1.59 bits per heavy atom. The van der Waals surface area contributed by atoms with E-state index in [1.165, 1.54) is 0 Å². The Kier molecular flexibility index (Phi) is 3.79. The van der Waals surface area contributed by atoms with Crippen LogP contribution in [0.3, 0.4) is 0 Å². The van der Waals surface area contributed by atoms with Crippen LogP contribution in [0.4, 0.5) is 5.82 Å². The highest BCUT2D eigenvalue weighted by molar-refractivity contribution is 9.10. The van der Waals surface area contributed by atoms with Crippen LogP contribution in [-0.4, -0.2) is 24.0 Å². The van der Waals surface area contributed by atoms with Crippen molar-refractivity contribution in [2.24, 2.45) is 11.8 Å². The maximum atomic E-state index is 12.0. The van der Waals surface area contributed by atoms with Crippen molar-refractivity contribution in [2.45, 2.75) is 13.8 Å². The lowest BCUT2D eigenvalue weighted by atomic mass is 9.97. The van der Waals surface area contributed by atoms with Gasteiger partial charge in [-0.1, -0.05) is 6.92 Å². The third-order valence-corrected chi connectivity index (χ3v) is 3.98. The maximum Gasteiger partial charge on any atom is 0.230 e.